The summed E-state index contributed by atoms with van der Waals surface area (Å²) in [5.74, 6) is -11.2. The number of nitrogens with zero attached hydrogens (tertiary/aromatic N) is 2. The first-order valence-electron chi connectivity index (χ1n) is 10.9. The summed E-state index contributed by atoms with van der Waals surface area (Å²) in [5, 5.41) is 3.90. The summed E-state index contributed by atoms with van der Waals surface area (Å²) in [4.78, 5) is 12.9. The fourth-order valence-corrected chi connectivity index (χ4v) is 3.89. The van der Waals surface area contributed by atoms with E-state index in [9.17, 15) is 26.7 Å². The Morgan fingerprint density at radius 2 is 1.51 bits per heavy atom. The normalized spacial score (nSPS) is 14.4. The van der Waals surface area contributed by atoms with E-state index in [1.807, 2.05) is 24.3 Å². The molecule has 0 saturated carbocycles. The minimum Gasteiger partial charge on any atom is -0.490 e. The number of carbonyl (C=O) groups excluding carboxylic acids is 1. The van der Waals surface area contributed by atoms with Crippen molar-refractivity contribution in [1.82, 2.24) is 0 Å². The smallest absolute Gasteiger partial charge is 0.280 e. The van der Waals surface area contributed by atoms with Gasteiger partial charge in [-0.1, -0.05) is 18.2 Å². The molecule has 0 atom stereocenters. The summed E-state index contributed by atoms with van der Waals surface area (Å²) >= 11 is 2.20. The lowest BCUT2D eigenvalue weighted by Gasteiger charge is -2.15. The van der Waals surface area contributed by atoms with Crippen LogP contribution in [0.4, 0.5) is 27.6 Å². The maximum atomic E-state index is 14.3. The summed E-state index contributed by atoms with van der Waals surface area (Å²) in [6, 6.07) is 12.6. The SMILES string of the molecule is CCOc1cc(/C=C2/C(=O)N(c3c(F)c(F)c(F)c(F)c3F)N=C2C)ccc1OCc1ccc(I)cc1. The number of ether oxygens (including phenoxy) is 2. The number of hydrazone groups is 1. The highest BCUT2D eigenvalue weighted by atomic mass is 127. The Balaban J connectivity index is 1.62. The van der Waals surface area contributed by atoms with E-state index in [1.165, 1.54) is 13.0 Å². The molecule has 0 radical (unpaired) electrons. The van der Waals surface area contributed by atoms with Crippen LogP contribution < -0.4 is 14.5 Å². The van der Waals surface area contributed by atoms with Crippen molar-refractivity contribution in [2.75, 3.05) is 11.6 Å². The Bertz CT molecular complexity index is 1410. The van der Waals surface area contributed by atoms with Crippen LogP contribution in [0, 0.1) is 32.7 Å². The van der Waals surface area contributed by atoms with Crippen molar-refractivity contribution < 1.29 is 36.2 Å². The van der Waals surface area contributed by atoms with Gasteiger partial charge in [0.25, 0.3) is 5.91 Å². The van der Waals surface area contributed by atoms with Crippen LogP contribution in [0.3, 0.4) is 0 Å². The molecule has 11 heteroatoms. The van der Waals surface area contributed by atoms with Crippen molar-refractivity contribution in [2.24, 2.45) is 5.10 Å². The molecule has 0 bridgehead atoms. The summed E-state index contributed by atoms with van der Waals surface area (Å²) in [7, 11) is 0. The fraction of sp³-hybridized carbons (Fsp3) is 0.154. The number of anilines is 1. The van der Waals surface area contributed by atoms with Crippen LogP contribution >= 0.6 is 22.6 Å². The average molecular weight is 628 g/mol. The Morgan fingerprint density at radius 3 is 2.14 bits per heavy atom. The molecule has 3 aromatic rings. The van der Waals surface area contributed by atoms with Crippen molar-refractivity contribution >= 4 is 46.0 Å². The van der Waals surface area contributed by atoms with Gasteiger partial charge in [0.2, 0.25) is 5.82 Å². The molecule has 0 spiro atoms. The van der Waals surface area contributed by atoms with Gasteiger partial charge in [0.1, 0.15) is 12.3 Å². The van der Waals surface area contributed by atoms with Crippen molar-refractivity contribution in [3.8, 4) is 11.5 Å². The van der Waals surface area contributed by atoms with Crippen molar-refractivity contribution in [2.45, 2.75) is 20.5 Å². The number of hydrogen-bond donors (Lipinski definition) is 0. The van der Waals surface area contributed by atoms with Gasteiger partial charge in [0.15, 0.2) is 34.8 Å². The first-order valence-corrected chi connectivity index (χ1v) is 12.0. The van der Waals surface area contributed by atoms with E-state index in [4.69, 9.17) is 9.47 Å². The Kier molecular flexibility index (Phi) is 7.81. The lowest BCUT2D eigenvalue weighted by molar-refractivity contribution is -0.114. The average Bonchev–Trinajstić information content (AvgIpc) is 3.15. The van der Waals surface area contributed by atoms with Crippen LogP contribution in [-0.2, 0) is 11.4 Å². The second-order valence-electron chi connectivity index (χ2n) is 7.83. The minimum absolute atomic E-state index is 0.0194. The number of carbonyl (C=O) groups is 1. The molecular formula is C26H18F5IN2O3. The Hall–Kier alpha value is -3.48. The van der Waals surface area contributed by atoms with Crippen LogP contribution in [0.2, 0.25) is 0 Å². The van der Waals surface area contributed by atoms with Gasteiger partial charge in [-0.2, -0.15) is 10.1 Å². The van der Waals surface area contributed by atoms with Gasteiger partial charge in [-0.25, -0.2) is 22.0 Å². The summed E-state index contributed by atoms with van der Waals surface area (Å²) < 4.78 is 82.0. The Morgan fingerprint density at radius 1 is 0.892 bits per heavy atom. The third kappa shape index (κ3) is 5.31. The molecule has 0 N–H and O–H groups in total. The quantitative estimate of drug-likeness (QED) is 0.0955. The van der Waals surface area contributed by atoms with Gasteiger partial charge in [-0.3, -0.25) is 4.79 Å². The van der Waals surface area contributed by atoms with Crippen LogP contribution in [0.5, 0.6) is 11.5 Å². The number of benzene rings is 3. The van der Waals surface area contributed by atoms with E-state index in [2.05, 4.69) is 27.7 Å². The third-order valence-corrected chi connectivity index (χ3v) is 6.07. The maximum absolute atomic E-state index is 14.3. The van der Waals surface area contributed by atoms with Gasteiger partial charge in [-0.15, -0.1) is 0 Å². The van der Waals surface area contributed by atoms with E-state index < -0.39 is 40.7 Å². The van der Waals surface area contributed by atoms with Gasteiger partial charge in [0.05, 0.1) is 17.9 Å². The maximum Gasteiger partial charge on any atom is 0.280 e. The minimum atomic E-state index is -2.32. The molecule has 0 fully saturated rings. The van der Waals surface area contributed by atoms with Gasteiger partial charge < -0.3 is 9.47 Å². The third-order valence-electron chi connectivity index (χ3n) is 5.35. The number of hydrogen-bond acceptors (Lipinski definition) is 4. The Labute approximate surface area is 222 Å². The first kappa shape index (κ1) is 26.6. The topological polar surface area (TPSA) is 51.1 Å². The van der Waals surface area contributed by atoms with Crippen LogP contribution in [0.15, 0.2) is 53.1 Å². The standard InChI is InChI=1S/C26H18F5IN2O3/c1-3-36-19-11-15(6-9-18(19)37-12-14-4-7-16(32)8-5-14)10-17-13(2)33-34(26(17)35)25-23(30)21(28)20(27)22(29)24(25)31/h4-11H,3,12H2,1-2H3/b17-10+. The molecular weight excluding hydrogens is 610 g/mol. The molecule has 0 aliphatic carbocycles. The molecule has 1 amide bonds. The van der Waals surface area contributed by atoms with E-state index in [-0.39, 0.29) is 16.3 Å². The highest BCUT2D eigenvalue weighted by molar-refractivity contribution is 14.1. The molecule has 1 aliphatic rings. The van der Waals surface area contributed by atoms with Crippen molar-refractivity contribution in [3.63, 3.8) is 0 Å². The van der Waals surface area contributed by atoms with E-state index >= 15 is 0 Å². The van der Waals surface area contributed by atoms with Crippen LogP contribution in [-0.4, -0.2) is 18.2 Å². The van der Waals surface area contributed by atoms with Crippen LogP contribution in [0.25, 0.3) is 6.08 Å². The second kappa shape index (κ2) is 10.9. The van der Waals surface area contributed by atoms with Gasteiger partial charge in [-0.05, 0) is 77.9 Å². The van der Waals surface area contributed by atoms with Crippen molar-refractivity contribution in [1.29, 1.82) is 0 Å². The van der Waals surface area contributed by atoms with E-state index in [1.54, 1.807) is 25.1 Å². The zero-order valence-corrected chi connectivity index (χ0v) is 21.6. The molecule has 1 heterocycles. The van der Waals surface area contributed by atoms with Gasteiger partial charge >= 0.3 is 0 Å². The van der Waals surface area contributed by atoms with E-state index in [0.29, 0.717) is 30.3 Å². The number of halogens is 6. The molecule has 0 saturated heterocycles. The summed E-state index contributed by atoms with van der Waals surface area (Å²) in [6.07, 6.45) is 1.37. The highest BCUT2D eigenvalue weighted by Gasteiger charge is 2.37. The molecule has 192 valence electrons. The number of rotatable bonds is 7. The fourth-order valence-electron chi connectivity index (χ4n) is 3.53. The predicted molar refractivity (Wildman–Crippen MR) is 136 cm³/mol. The molecule has 3 aromatic carbocycles. The largest absolute Gasteiger partial charge is 0.490 e. The van der Waals surface area contributed by atoms with Gasteiger partial charge in [0, 0.05) is 3.57 Å². The molecule has 1 aliphatic heterocycles. The monoisotopic (exact) mass is 628 g/mol. The second-order valence-corrected chi connectivity index (χ2v) is 9.08. The molecule has 0 unspecified atom stereocenters. The zero-order valence-electron chi connectivity index (χ0n) is 19.4. The molecule has 5 nitrogen and oxygen atoms in total. The van der Waals surface area contributed by atoms with Crippen molar-refractivity contribution in [3.05, 3.63) is 91.8 Å². The molecule has 4 rings (SSSR count). The summed E-state index contributed by atoms with van der Waals surface area (Å²) in [6.45, 7) is 3.77. The first-order chi connectivity index (χ1) is 17.6. The highest BCUT2D eigenvalue weighted by Crippen LogP contribution is 2.35. The molecule has 37 heavy (non-hydrogen) atoms. The van der Waals surface area contributed by atoms with E-state index in [0.717, 1.165) is 9.13 Å². The lowest BCUT2D eigenvalue weighted by Crippen LogP contribution is -2.25. The number of amides is 1. The zero-order chi connectivity index (χ0) is 26.9. The van der Waals surface area contributed by atoms with Crippen LogP contribution in [0.1, 0.15) is 25.0 Å². The molecule has 0 aromatic heterocycles. The summed E-state index contributed by atoms with van der Waals surface area (Å²) in [5.41, 5.74) is -0.115. The predicted octanol–water partition coefficient (Wildman–Crippen LogP) is 6.77. The lowest BCUT2D eigenvalue weighted by atomic mass is 10.1.